The SMILES string of the molecule is COC(=O)c1cc(C)ccc1NCc1ccc(C(=O)O)o1. The van der Waals surface area contributed by atoms with E-state index in [9.17, 15) is 9.59 Å². The standard InChI is InChI=1S/C15H15NO5/c1-9-3-5-12(11(7-9)15(19)20-2)16-8-10-4-6-13(21-10)14(17)18/h3-7,16H,8H2,1-2H3,(H,17,18). The van der Waals surface area contributed by atoms with Crippen LogP contribution in [0, 0.1) is 6.92 Å². The van der Waals surface area contributed by atoms with E-state index in [1.807, 2.05) is 13.0 Å². The number of anilines is 1. The molecule has 0 saturated heterocycles. The first-order valence-corrected chi connectivity index (χ1v) is 6.26. The summed E-state index contributed by atoms with van der Waals surface area (Å²) < 4.78 is 9.88. The molecule has 0 bridgehead atoms. The lowest BCUT2D eigenvalue weighted by molar-refractivity contribution is 0.0600. The molecular weight excluding hydrogens is 274 g/mol. The fourth-order valence-corrected chi connectivity index (χ4v) is 1.86. The lowest BCUT2D eigenvalue weighted by Gasteiger charge is -2.10. The van der Waals surface area contributed by atoms with E-state index in [-0.39, 0.29) is 12.3 Å². The molecule has 0 aliphatic heterocycles. The molecule has 0 radical (unpaired) electrons. The molecule has 2 aromatic rings. The third-order valence-corrected chi connectivity index (χ3v) is 2.91. The van der Waals surface area contributed by atoms with Crippen molar-refractivity contribution in [1.82, 2.24) is 0 Å². The van der Waals surface area contributed by atoms with Crippen LogP contribution >= 0.6 is 0 Å². The van der Waals surface area contributed by atoms with Crippen molar-refractivity contribution < 1.29 is 23.8 Å². The van der Waals surface area contributed by atoms with Crippen molar-refractivity contribution in [3.8, 4) is 0 Å². The van der Waals surface area contributed by atoms with Crippen LogP contribution in [0.1, 0.15) is 32.2 Å². The molecule has 2 N–H and O–H groups in total. The number of esters is 1. The average molecular weight is 289 g/mol. The summed E-state index contributed by atoms with van der Waals surface area (Å²) in [7, 11) is 1.32. The maximum atomic E-state index is 11.7. The lowest BCUT2D eigenvalue weighted by Crippen LogP contribution is -2.08. The summed E-state index contributed by atoms with van der Waals surface area (Å²) in [6, 6.07) is 8.30. The van der Waals surface area contributed by atoms with Crippen LogP contribution in [0.15, 0.2) is 34.7 Å². The van der Waals surface area contributed by atoms with E-state index < -0.39 is 11.9 Å². The van der Waals surface area contributed by atoms with Gasteiger partial charge in [0.1, 0.15) is 5.76 Å². The van der Waals surface area contributed by atoms with Crippen LogP contribution in [0.5, 0.6) is 0 Å². The van der Waals surface area contributed by atoms with Gasteiger partial charge in [-0.15, -0.1) is 0 Å². The number of carbonyl (C=O) groups excluding carboxylic acids is 1. The number of aryl methyl sites for hydroxylation is 1. The Morgan fingerprint density at radius 2 is 2.05 bits per heavy atom. The van der Waals surface area contributed by atoms with Crippen molar-refractivity contribution in [2.75, 3.05) is 12.4 Å². The number of furan rings is 1. The summed E-state index contributed by atoms with van der Waals surface area (Å²) in [6.07, 6.45) is 0. The van der Waals surface area contributed by atoms with Gasteiger partial charge in [-0.25, -0.2) is 9.59 Å². The van der Waals surface area contributed by atoms with Gasteiger partial charge < -0.3 is 19.6 Å². The Morgan fingerprint density at radius 1 is 1.29 bits per heavy atom. The summed E-state index contributed by atoms with van der Waals surface area (Å²) in [5.41, 5.74) is 1.95. The molecular formula is C15H15NO5. The summed E-state index contributed by atoms with van der Waals surface area (Å²) in [5.74, 6) is -1.22. The van der Waals surface area contributed by atoms with Crippen LogP contribution in [0.25, 0.3) is 0 Å². The molecule has 110 valence electrons. The van der Waals surface area contributed by atoms with Crippen molar-refractivity contribution >= 4 is 17.6 Å². The number of ether oxygens (including phenoxy) is 1. The highest BCUT2D eigenvalue weighted by Crippen LogP contribution is 2.20. The zero-order valence-electron chi connectivity index (χ0n) is 11.7. The van der Waals surface area contributed by atoms with Gasteiger partial charge in [-0.05, 0) is 31.2 Å². The Balaban J connectivity index is 2.15. The number of aromatic carboxylic acids is 1. The average Bonchev–Trinajstić information content (AvgIpc) is 2.94. The van der Waals surface area contributed by atoms with E-state index in [0.29, 0.717) is 17.0 Å². The molecule has 0 unspecified atom stereocenters. The molecule has 1 heterocycles. The van der Waals surface area contributed by atoms with Gasteiger partial charge in [-0.2, -0.15) is 0 Å². The quantitative estimate of drug-likeness (QED) is 0.823. The van der Waals surface area contributed by atoms with Crippen LogP contribution in [0.2, 0.25) is 0 Å². The van der Waals surface area contributed by atoms with Gasteiger partial charge in [0.05, 0.1) is 19.2 Å². The van der Waals surface area contributed by atoms with Gasteiger partial charge in [0.25, 0.3) is 0 Å². The van der Waals surface area contributed by atoms with E-state index in [1.54, 1.807) is 18.2 Å². The zero-order chi connectivity index (χ0) is 15.4. The highest BCUT2D eigenvalue weighted by Gasteiger charge is 2.13. The molecule has 6 heteroatoms. The molecule has 1 aromatic heterocycles. The minimum Gasteiger partial charge on any atom is -0.475 e. The molecule has 0 aliphatic carbocycles. The number of carbonyl (C=O) groups is 2. The van der Waals surface area contributed by atoms with Crippen molar-refractivity contribution in [2.45, 2.75) is 13.5 Å². The van der Waals surface area contributed by atoms with Gasteiger partial charge in [0, 0.05) is 5.69 Å². The normalized spacial score (nSPS) is 10.2. The maximum Gasteiger partial charge on any atom is 0.371 e. The third-order valence-electron chi connectivity index (χ3n) is 2.91. The zero-order valence-corrected chi connectivity index (χ0v) is 11.7. The Labute approximate surface area is 121 Å². The summed E-state index contributed by atoms with van der Waals surface area (Å²) >= 11 is 0. The van der Waals surface area contributed by atoms with E-state index in [1.165, 1.54) is 13.2 Å². The fourth-order valence-electron chi connectivity index (χ4n) is 1.86. The van der Waals surface area contributed by atoms with Gasteiger partial charge in [-0.3, -0.25) is 0 Å². The van der Waals surface area contributed by atoms with E-state index in [0.717, 1.165) is 5.56 Å². The van der Waals surface area contributed by atoms with Crippen molar-refractivity contribution in [1.29, 1.82) is 0 Å². The number of carboxylic acid groups (broad SMARTS) is 1. The van der Waals surface area contributed by atoms with E-state index >= 15 is 0 Å². The fraction of sp³-hybridized carbons (Fsp3) is 0.200. The highest BCUT2D eigenvalue weighted by atomic mass is 16.5. The van der Waals surface area contributed by atoms with Gasteiger partial charge in [-0.1, -0.05) is 11.6 Å². The second-order valence-electron chi connectivity index (χ2n) is 4.47. The Hall–Kier alpha value is -2.76. The molecule has 0 atom stereocenters. The molecule has 2 rings (SSSR count). The maximum absolute atomic E-state index is 11.7. The molecule has 21 heavy (non-hydrogen) atoms. The summed E-state index contributed by atoms with van der Waals surface area (Å²) in [5, 5.41) is 11.8. The monoisotopic (exact) mass is 289 g/mol. The molecule has 0 saturated carbocycles. The summed E-state index contributed by atoms with van der Waals surface area (Å²) in [4.78, 5) is 22.5. The largest absolute Gasteiger partial charge is 0.475 e. The van der Waals surface area contributed by atoms with E-state index in [4.69, 9.17) is 14.3 Å². The molecule has 1 aromatic carbocycles. The van der Waals surface area contributed by atoms with Crippen LogP contribution in [-0.4, -0.2) is 24.2 Å². The molecule has 0 aliphatic rings. The van der Waals surface area contributed by atoms with Crippen LogP contribution < -0.4 is 5.32 Å². The predicted molar refractivity (Wildman–Crippen MR) is 75.5 cm³/mol. The number of carboxylic acids is 1. The topological polar surface area (TPSA) is 88.8 Å². The number of nitrogens with one attached hydrogen (secondary N) is 1. The Bertz CT molecular complexity index is 674. The number of hydrogen-bond acceptors (Lipinski definition) is 5. The number of hydrogen-bond donors (Lipinski definition) is 2. The first kappa shape index (κ1) is 14.6. The number of rotatable bonds is 5. The van der Waals surface area contributed by atoms with Crippen LogP contribution in [-0.2, 0) is 11.3 Å². The second kappa shape index (κ2) is 6.13. The minimum absolute atomic E-state index is 0.121. The van der Waals surface area contributed by atoms with Crippen LogP contribution in [0.3, 0.4) is 0 Å². The Morgan fingerprint density at radius 3 is 2.67 bits per heavy atom. The smallest absolute Gasteiger partial charge is 0.371 e. The first-order chi connectivity index (χ1) is 10.0. The van der Waals surface area contributed by atoms with Gasteiger partial charge in [0.15, 0.2) is 0 Å². The first-order valence-electron chi connectivity index (χ1n) is 6.26. The van der Waals surface area contributed by atoms with E-state index in [2.05, 4.69) is 5.32 Å². The molecule has 0 amide bonds. The number of methoxy groups -OCH3 is 1. The molecule has 0 spiro atoms. The predicted octanol–water partition coefficient (Wildman–Crippen LogP) is 2.68. The summed E-state index contributed by atoms with van der Waals surface area (Å²) in [6.45, 7) is 2.14. The van der Waals surface area contributed by atoms with Gasteiger partial charge >= 0.3 is 11.9 Å². The Kier molecular flexibility index (Phi) is 4.27. The van der Waals surface area contributed by atoms with Crippen molar-refractivity contribution in [2.24, 2.45) is 0 Å². The minimum atomic E-state index is -1.12. The second-order valence-corrected chi connectivity index (χ2v) is 4.47. The lowest BCUT2D eigenvalue weighted by atomic mass is 10.1. The molecule has 6 nitrogen and oxygen atoms in total. The number of benzene rings is 1. The third kappa shape index (κ3) is 3.42. The van der Waals surface area contributed by atoms with Gasteiger partial charge in [0.2, 0.25) is 5.76 Å². The highest BCUT2D eigenvalue weighted by molar-refractivity contribution is 5.95. The van der Waals surface area contributed by atoms with Crippen molar-refractivity contribution in [3.05, 3.63) is 53.0 Å². The molecule has 0 fully saturated rings. The van der Waals surface area contributed by atoms with Crippen LogP contribution in [0.4, 0.5) is 5.69 Å². The van der Waals surface area contributed by atoms with Crippen molar-refractivity contribution in [3.63, 3.8) is 0 Å².